The van der Waals surface area contributed by atoms with Crippen molar-refractivity contribution < 1.29 is 0 Å². The summed E-state index contributed by atoms with van der Waals surface area (Å²) in [5.41, 5.74) is 4.88. The van der Waals surface area contributed by atoms with E-state index in [1.807, 2.05) is 0 Å². The predicted molar refractivity (Wildman–Crippen MR) is 129 cm³/mol. The molecule has 1 heterocycles. The lowest BCUT2D eigenvalue weighted by Gasteiger charge is -2.15. The van der Waals surface area contributed by atoms with Crippen LogP contribution in [0.1, 0.15) is 33.6 Å². The molecular weight excluding hydrogens is 469 g/mol. The van der Waals surface area contributed by atoms with Crippen LogP contribution in [0.4, 0.5) is 5.69 Å². The van der Waals surface area contributed by atoms with Crippen LogP contribution in [0.3, 0.4) is 0 Å². The van der Waals surface area contributed by atoms with E-state index in [0.717, 1.165) is 31.2 Å². The fourth-order valence-corrected chi connectivity index (χ4v) is 3.51. The van der Waals surface area contributed by atoms with Crippen molar-refractivity contribution in [1.29, 1.82) is 0 Å². The zero-order valence-electron chi connectivity index (χ0n) is 17.2. The highest BCUT2D eigenvalue weighted by atomic mass is 127. The van der Waals surface area contributed by atoms with Crippen molar-refractivity contribution in [3.63, 3.8) is 0 Å². The summed E-state index contributed by atoms with van der Waals surface area (Å²) in [6.07, 6.45) is 0.917. The number of benzene rings is 1. The van der Waals surface area contributed by atoms with Crippen molar-refractivity contribution in [3.8, 4) is 0 Å². The minimum absolute atomic E-state index is 0. The van der Waals surface area contributed by atoms with Gasteiger partial charge in [-0.1, -0.05) is 6.07 Å². The Morgan fingerprint density at radius 3 is 2.48 bits per heavy atom. The van der Waals surface area contributed by atoms with Crippen molar-refractivity contribution in [2.24, 2.45) is 4.99 Å². The van der Waals surface area contributed by atoms with Gasteiger partial charge in [0.2, 0.25) is 0 Å². The van der Waals surface area contributed by atoms with Gasteiger partial charge in [0.15, 0.2) is 5.96 Å². The predicted octanol–water partition coefficient (Wildman–Crippen LogP) is 4.05. The summed E-state index contributed by atoms with van der Waals surface area (Å²) in [5.74, 6) is 0.855. The Balaban J connectivity index is 0.00000364. The van der Waals surface area contributed by atoms with Crippen molar-refractivity contribution >= 4 is 47.0 Å². The van der Waals surface area contributed by atoms with Crippen LogP contribution >= 0.6 is 35.3 Å². The molecule has 0 atom stereocenters. The first-order chi connectivity index (χ1) is 12.4. The molecule has 0 saturated carbocycles. The fourth-order valence-electron chi connectivity index (χ4n) is 2.58. The van der Waals surface area contributed by atoms with Crippen LogP contribution in [0.5, 0.6) is 0 Å². The molecule has 0 radical (unpaired) electrons. The second-order valence-electron chi connectivity index (χ2n) is 6.63. The number of nitrogens with one attached hydrogen (secondary N) is 2. The number of rotatable bonds is 7. The largest absolute Gasteiger partial charge is 0.378 e. The van der Waals surface area contributed by atoms with Gasteiger partial charge < -0.3 is 15.5 Å². The van der Waals surface area contributed by atoms with E-state index >= 15 is 0 Å². The molecule has 0 aliphatic heterocycles. The normalized spacial score (nSPS) is 11.1. The molecule has 2 N–H and O–H groups in total. The lowest BCUT2D eigenvalue weighted by Crippen LogP contribution is -2.38. The second-order valence-corrected chi connectivity index (χ2v) is 7.91. The molecule has 2 aromatic rings. The third-order valence-electron chi connectivity index (χ3n) is 4.30. The summed E-state index contributed by atoms with van der Waals surface area (Å²) in [4.78, 5) is 12.8. The number of hydrogen-bond acceptors (Lipinski definition) is 4. The van der Waals surface area contributed by atoms with Gasteiger partial charge >= 0.3 is 0 Å². The Labute approximate surface area is 184 Å². The Kier molecular flexibility index (Phi) is 10.1. The summed E-state index contributed by atoms with van der Waals surface area (Å²) in [5, 5.41) is 7.91. The molecule has 0 aliphatic rings. The van der Waals surface area contributed by atoms with E-state index in [2.05, 4.69) is 80.5 Å². The number of thiazole rings is 1. The third-order valence-corrected chi connectivity index (χ3v) is 5.43. The summed E-state index contributed by atoms with van der Waals surface area (Å²) >= 11 is 1.78. The fraction of sp³-hybridized carbons (Fsp3) is 0.500. The topological polar surface area (TPSA) is 52.6 Å². The minimum Gasteiger partial charge on any atom is -0.378 e. The highest BCUT2D eigenvalue weighted by Gasteiger charge is 2.05. The number of guanidine groups is 1. The van der Waals surface area contributed by atoms with Crippen molar-refractivity contribution in [3.05, 3.63) is 44.9 Å². The van der Waals surface area contributed by atoms with E-state index in [9.17, 15) is 0 Å². The third kappa shape index (κ3) is 7.29. The average molecular weight is 501 g/mol. The van der Waals surface area contributed by atoms with Crippen LogP contribution in [0.25, 0.3) is 0 Å². The molecule has 150 valence electrons. The Morgan fingerprint density at radius 1 is 1.19 bits per heavy atom. The molecule has 1 aromatic carbocycles. The molecule has 0 bridgehead atoms. The van der Waals surface area contributed by atoms with Gasteiger partial charge in [-0.2, -0.15) is 0 Å². The quantitative estimate of drug-likeness (QED) is 0.342. The second kappa shape index (κ2) is 11.5. The van der Waals surface area contributed by atoms with Crippen LogP contribution in [0.15, 0.2) is 23.2 Å². The van der Waals surface area contributed by atoms with Gasteiger partial charge in [0.25, 0.3) is 0 Å². The maximum atomic E-state index is 4.74. The number of aryl methyl sites for hydroxylation is 3. The number of halogens is 1. The first-order valence-electron chi connectivity index (χ1n) is 9.12. The van der Waals surface area contributed by atoms with Gasteiger partial charge in [-0.3, -0.25) is 0 Å². The molecule has 0 amide bonds. The van der Waals surface area contributed by atoms with Crippen molar-refractivity contribution in [2.75, 3.05) is 32.1 Å². The van der Waals surface area contributed by atoms with Crippen LogP contribution in [0.2, 0.25) is 0 Å². The molecule has 27 heavy (non-hydrogen) atoms. The molecule has 5 nitrogen and oxygen atoms in total. The van der Waals surface area contributed by atoms with Crippen LogP contribution < -0.4 is 15.5 Å². The standard InChI is InChI=1S/C20H31N5S.HI/c1-7-21-20(22-11-10-19-24-15(3)16(4)26-19)23-13-17-8-9-18(25(5)6)12-14(17)2;/h8-9,12H,7,10-11,13H2,1-6H3,(H2,21,22,23);1H. The van der Waals surface area contributed by atoms with Gasteiger partial charge in [-0.25, -0.2) is 9.98 Å². The van der Waals surface area contributed by atoms with Gasteiger partial charge in [-0.05, 0) is 51.0 Å². The Morgan fingerprint density at radius 2 is 1.93 bits per heavy atom. The number of anilines is 1. The van der Waals surface area contributed by atoms with Gasteiger partial charge in [0.05, 0.1) is 17.2 Å². The van der Waals surface area contributed by atoms with E-state index in [4.69, 9.17) is 4.99 Å². The van der Waals surface area contributed by atoms with E-state index in [1.165, 1.54) is 26.7 Å². The lowest BCUT2D eigenvalue weighted by atomic mass is 10.1. The maximum absolute atomic E-state index is 4.74. The highest BCUT2D eigenvalue weighted by molar-refractivity contribution is 14.0. The van der Waals surface area contributed by atoms with E-state index in [-0.39, 0.29) is 24.0 Å². The van der Waals surface area contributed by atoms with Crippen LogP contribution in [-0.4, -0.2) is 38.1 Å². The zero-order valence-corrected chi connectivity index (χ0v) is 20.4. The van der Waals surface area contributed by atoms with Crippen molar-refractivity contribution in [1.82, 2.24) is 15.6 Å². The molecule has 7 heteroatoms. The van der Waals surface area contributed by atoms with Gasteiger partial charge in [0, 0.05) is 44.2 Å². The molecule has 0 unspecified atom stereocenters. The Hall–Kier alpha value is -1.35. The lowest BCUT2D eigenvalue weighted by molar-refractivity contribution is 0.795. The molecule has 0 aliphatic carbocycles. The number of aliphatic imine (C=N–C) groups is 1. The van der Waals surface area contributed by atoms with Crippen LogP contribution in [-0.2, 0) is 13.0 Å². The van der Waals surface area contributed by atoms with Crippen LogP contribution in [0, 0.1) is 20.8 Å². The highest BCUT2D eigenvalue weighted by Crippen LogP contribution is 2.18. The molecule has 1 aromatic heterocycles. The molecule has 2 rings (SSSR count). The maximum Gasteiger partial charge on any atom is 0.191 e. The minimum atomic E-state index is 0. The van der Waals surface area contributed by atoms with Gasteiger partial charge in [0.1, 0.15) is 0 Å². The van der Waals surface area contributed by atoms with E-state index < -0.39 is 0 Å². The summed E-state index contributed by atoms with van der Waals surface area (Å²) in [7, 11) is 4.12. The van der Waals surface area contributed by atoms with Crippen molar-refractivity contribution in [2.45, 2.75) is 40.7 Å². The number of nitrogens with zero attached hydrogens (tertiary/aromatic N) is 3. The SMILES string of the molecule is CCNC(=NCc1ccc(N(C)C)cc1C)NCCc1nc(C)c(C)s1.I. The van der Waals surface area contributed by atoms with Gasteiger partial charge in [-0.15, -0.1) is 35.3 Å². The summed E-state index contributed by atoms with van der Waals surface area (Å²) in [6, 6.07) is 6.52. The molecule has 0 fully saturated rings. The Bertz CT molecular complexity index is 735. The monoisotopic (exact) mass is 501 g/mol. The average Bonchev–Trinajstić information content (AvgIpc) is 2.91. The molecular formula is C20H32IN5S. The van der Waals surface area contributed by atoms with E-state index in [1.54, 1.807) is 11.3 Å². The number of aromatic nitrogens is 1. The first kappa shape index (κ1) is 23.7. The summed E-state index contributed by atoms with van der Waals surface area (Å²) < 4.78 is 0. The zero-order chi connectivity index (χ0) is 19.1. The molecule has 0 spiro atoms. The first-order valence-corrected chi connectivity index (χ1v) is 9.94. The summed E-state index contributed by atoms with van der Waals surface area (Å²) in [6.45, 7) is 10.8. The number of hydrogen-bond donors (Lipinski definition) is 2. The van der Waals surface area contributed by atoms with E-state index in [0.29, 0.717) is 6.54 Å². The molecule has 0 saturated heterocycles. The smallest absolute Gasteiger partial charge is 0.191 e.